The van der Waals surface area contributed by atoms with Crippen LogP contribution in [0.15, 0.2) is 24.8 Å². The summed E-state index contributed by atoms with van der Waals surface area (Å²) in [5.74, 6) is 5.50. The molecule has 0 nitrogen and oxygen atoms in total. The largest absolute Gasteiger partial charge is 0.193 e. The van der Waals surface area contributed by atoms with E-state index >= 15 is 0 Å². The highest BCUT2D eigenvalue weighted by molar-refractivity contribution is 8.14. The SMILES string of the molecule is C=CCC(C)C(C=CCC)C(C)(C)C(C)S(=C)C. The zero-order valence-electron chi connectivity index (χ0n) is 13.2. The van der Waals surface area contributed by atoms with Crippen LogP contribution < -0.4 is 0 Å². The van der Waals surface area contributed by atoms with E-state index in [1.165, 1.54) is 0 Å². The predicted octanol–water partition coefficient (Wildman–Crippen LogP) is 5.53. The molecule has 0 aromatic rings. The summed E-state index contributed by atoms with van der Waals surface area (Å²) < 4.78 is 0. The van der Waals surface area contributed by atoms with E-state index in [2.05, 4.69) is 65.5 Å². The van der Waals surface area contributed by atoms with Gasteiger partial charge in [-0.05, 0) is 36.3 Å². The fourth-order valence-electron chi connectivity index (χ4n) is 2.65. The second kappa shape index (κ2) is 7.99. The van der Waals surface area contributed by atoms with E-state index in [-0.39, 0.29) is 15.9 Å². The Bertz CT molecular complexity index is 299. The smallest absolute Gasteiger partial charge is 0.00179 e. The summed E-state index contributed by atoms with van der Waals surface area (Å²) in [4.78, 5) is 0. The van der Waals surface area contributed by atoms with Gasteiger partial charge in [0.1, 0.15) is 0 Å². The minimum absolute atomic E-state index is 0.214. The van der Waals surface area contributed by atoms with Crippen molar-refractivity contribution in [2.24, 2.45) is 17.3 Å². The average molecular weight is 269 g/mol. The van der Waals surface area contributed by atoms with Crippen molar-refractivity contribution in [2.45, 2.75) is 52.7 Å². The second-order valence-corrected chi connectivity index (χ2v) is 8.11. The number of allylic oxidation sites excluding steroid dienone is 3. The van der Waals surface area contributed by atoms with Crippen LogP contribution in [0.4, 0.5) is 0 Å². The molecule has 0 spiro atoms. The second-order valence-electron chi connectivity index (χ2n) is 6.02. The summed E-state index contributed by atoms with van der Waals surface area (Å²) in [7, 11) is 0.214. The third-order valence-corrected chi connectivity index (χ3v) is 6.06. The van der Waals surface area contributed by atoms with Gasteiger partial charge in [0.2, 0.25) is 0 Å². The molecule has 4 atom stereocenters. The summed E-state index contributed by atoms with van der Waals surface area (Å²) in [5, 5.41) is 0.635. The third-order valence-electron chi connectivity index (χ3n) is 4.24. The molecule has 0 aliphatic rings. The number of rotatable bonds is 8. The lowest BCUT2D eigenvalue weighted by Gasteiger charge is -2.42. The lowest BCUT2D eigenvalue weighted by atomic mass is 9.69. The van der Waals surface area contributed by atoms with Gasteiger partial charge in [-0.15, -0.1) is 6.58 Å². The highest BCUT2D eigenvalue weighted by Gasteiger charge is 2.36. The number of hydrogen-bond acceptors (Lipinski definition) is 0. The Kier molecular flexibility index (Phi) is 7.86. The van der Waals surface area contributed by atoms with Crippen molar-refractivity contribution in [3.8, 4) is 0 Å². The van der Waals surface area contributed by atoms with Gasteiger partial charge < -0.3 is 0 Å². The zero-order chi connectivity index (χ0) is 14.3. The Morgan fingerprint density at radius 1 is 1.28 bits per heavy atom. The zero-order valence-corrected chi connectivity index (χ0v) is 14.0. The molecule has 0 saturated carbocycles. The first-order valence-corrected chi connectivity index (χ1v) is 8.87. The fourth-order valence-corrected chi connectivity index (χ4v) is 3.85. The van der Waals surface area contributed by atoms with Gasteiger partial charge >= 0.3 is 0 Å². The quantitative estimate of drug-likeness (QED) is 0.401. The van der Waals surface area contributed by atoms with Crippen molar-refractivity contribution in [3.05, 3.63) is 24.8 Å². The first-order chi connectivity index (χ1) is 8.28. The lowest BCUT2D eigenvalue weighted by molar-refractivity contribution is 0.194. The molecular formula is C17H32S. The van der Waals surface area contributed by atoms with Crippen LogP contribution in [0, 0.1) is 17.3 Å². The molecule has 0 aliphatic carbocycles. The van der Waals surface area contributed by atoms with Crippen LogP contribution in [-0.4, -0.2) is 17.4 Å². The molecule has 0 aliphatic heterocycles. The summed E-state index contributed by atoms with van der Waals surface area (Å²) >= 11 is 0. The van der Waals surface area contributed by atoms with Gasteiger partial charge in [-0.3, -0.25) is 0 Å². The molecule has 0 rings (SSSR count). The maximum Gasteiger partial charge on any atom is 0.00179 e. The normalized spacial score (nSPS) is 19.4. The Hall–Kier alpha value is -0.300. The van der Waals surface area contributed by atoms with Crippen LogP contribution >= 0.6 is 10.5 Å². The lowest BCUT2D eigenvalue weighted by Crippen LogP contribution is -2.36. The summed E-state index contributed by atoms with van der Waals surface area (Å²) in [6, 6.07) is 0. The van der Waals surface area contributed by atoms with Crippen LogP contribution in [0.3, 0.4) is 0 Å². The van der Waals surface area contributed by atoms with Crippen molar-refractivity contribution in [1.29, 1.82) is 0 Å². The van der Waals surface area contributed by atoms with Crippen molar-refractivity contribution >= 4 is 16.4 Å². The molecule has 0 saturated heterocycles. The minimum Gasteiger partial charge on any atom is -0.193 e. The van der Waals surface area contributed by atoms with Crippen molar-refractivity contribution < 1.29 is 0 Å². The summed E-state index contributed by atoms with van der Waals surface area (Å²) in [6.07, 6.45) is 11.2. The standard InChI is InChI=1S/C17H32S/c1-9-11-13-16(14(3)12-10-2)17(5,6)15(4)18(7)8/h10-11,13-16H,2,7,9,12H2,1,3-6,8H3. The molecule has 4 unspecified atom stereocenters. The first kappa shape index (κ1) is 17.7. The molecule has 0 heterocycles. The van der Waals surface area contributed by atoms with Crippen molar-refractivity contribution in [3.63, 3.8) is 0 Å². The van der Waals surface area contributed by atoms with Gasteiger partial charge in [0.25, 0.3) is 0 Å². The van der Waals surface area contributed by atoms with E-state index in [0.29, 0.717) is 17.1 Å². The molecule has 0 N–H and O–H groups in total. The van der Waals surface area contributed by atoms with Crippen molar-refractivity contribution in [1.82, 2.24) is 0 Å². The monoisotopic (exact) mass is 268 g/mol. The van der Waals surface area contributed by atoms with Gasteiger partial charge in [0.05, 0.1) is 0 Å². The molecule has 0 aromatic heterocycles. The van der Waals surface area contributed by atoms with Crippen LogP contribution in [0.25, 0.3) is 0 Å². The van der Waals surface area contributed by atoms with E-state index in [0.717, 1.165) is 12.8 Å². The van der Waals surface area contributed by atoms with Crippen molar-refractivity contribution in [2.75, 3.05) is 6.26 Å². The minimum atomic E-state index is 0.214. The first-order valence-electron chi connectivity index (χ1n) is 7.00. The summed E-state index contributed by atoms with van der Waals surface area (Å²) in [6.45, 7) is 15.6. The van der Waals surface area contributed by atoms with Gasteiger partial charge in [0, 0.05) is 5.25 Å². The van der Waals surface area contributed by atoms with Crippen LogP contribution in [0.1, 0.15) is 47.5 Å². The van der Waals surface area contributed by atoms with E-state index in [4.69, 9.17) is 0 Å². The van der Waals surface area contributed by atoms with Crippen LogP contribution in [0.5, 0.6) is 0 Å². The van der Waals surface area contributed by atoms with Gasteiger partial charge in [-0.25, -0.2) is 0 Å². The third kappa shape index (κ3) is 4.76. The van der Waals surface area contributed by atoms with E-state index in [1.807, 2.05) is 6.08 Å². The number of hydrogen-bond donors (Lipinski definition) is 0. The molecule has 0 aromatic carbocycles. The maximum absolute atomic E-state index is 4.26. The molecular weight excluding hydrogens is 236 g/mol. The summed E-state index contributed by atoms with van der Waals surface area (Å²) in [5.41, 5.74) is 0.285. The van der Waals surface area contributed by atoms with Gasteiger partial charge in [0.15, 0.2) is 0 Å². The van der Waals surface area contributed by atoms with Gasteiger partial charge in [-0.2, -0.15) is 10.5 Å². The maximum atomic E-state index is 4.26. The molecule has 106 valence electrons. The Balaban J connectivity index is 5.21. The van der Waals surface area contributed by atoms with E-state index < -0.39 is 0 Å². The van der Waals surface area contributed by atoms with Gasteiger partial charge in [-0.1, -0.05) is 58.7 Å². The molecule has 0 radical (unpaired) electrons. The molecule has 18 heavy (non-hydrogen) atoms. The Morgan fingerprint density at radius 3 is 2.22 bits per heavy atom. The van der Waals surface area contributed by atoms with Crippen LogP contribution in [-0.2, 0) is 0 Å². The Labute approximate surface area is 117 Å². The molecule has 0 fully saturated rings. The Morgan fingerprint density at radius 2 is 1.83 bits per heavy atom. The molecule has 0 amide bonds. The molecule has 1 heteroatoms. The highest BCUT2D eigenvalue weighted by atomic mass is 32.2. The topological polar surface area (TPSA) is 0 Å². The van der Waals surface area contributed by atoms with Crippen LogP contribution in [0.2, 0.25) is 0 Å². The average Bonchev–Trinajstić information content (AvgIpc) is 2.28. The fraction of sp³-hybridized carbons (Fsp3) is 0.706. The highest BCUT2D eigenvalue weighted by Crippen LogP contribution is 2.43. The molecule has 0 bridgehead atoms. The van der Waals surface area contributed by atoms with E-state index in [9.17, 15) is 0 Å². The van der Waals surface area contributed by atoms with E-state index in [1.54, 1.807) is 0 Å². The predicted molar refractivity (Wildman–Crippen MR) is 90.8 cm³/mol.